The Bertz CT molecular complexity index is 320. The molecule has 0 saturated carbocycles. The molecule has 2 aliphatic rings. The van der Waals surface area contributed by atoms with Crippen LogP contribution in [0.1, 0.15) is 30.7 Å². The number of anilines is 1. The highest BCUT2D eigenvalue weighted by atomic mass is 16.4. The van der Waals surface area contributed by atoms with Gasteiger partial charge in [0.15, 0.2) is 0 Å². The van der Waals surface area contributed by atoms with Crippen molar-refractivity contribution in [2.45, 2.75) is 38.1 Å². The van der Waals surface area contributed by atoms with Crippen LogP contribution >= 0.6 is 0 Å². The fourth-order valence-electron chi connectivity index (χ4n) is 2.40. The van der Waals surface area contributed by atoms with Crippen molar-refractivity contribution < 1.29 is 4.42 Å². The fourth-order valence-corrected chi connectivity index (χ4v) is 2.40. The lowest BCUT2D eigenvalue weighted by Crippen LogP contribution is -2.38. The molecule has 2 heterocycles. The highest BCUT2D eigenvalue weighted by Crippen LogP contribution is 2.25. The van der Waals surface area contributed by atoms with Crippen LogP contribution in [0.2, 0.25) is 0 Å². The van der Waals surface area contributed by atoms with Gasteiger partial charge in [-0.2, -0.15) is 4.98 Å². The molecule has 1 aromatic heterocycles. The number of rotatable bonds is 2. The number of hydrogen-bond donors (Lipinski definition) is 2. The molecule has 1 saturated heterocycles. The van der Waals surface area contributed by atoms with Gasteiger partial charge in [0.2, 0.25) is 0 Å². The van der Waals surface area contributed by atoms with E-state index in [2.05, 4.69) is 15.6 Å². The van der Waals surface area contributed by atoms with E-state index in [1.165, 1.54) is 25.0 Å². The maximum atomic E-state index is 5.68. The van der Waals surface area contributed by atoms with E-state index in [0.717, 1.165) is 37.7 Å². The van der Waals surface area contributed by atoms with Crippen LogP contribution in [0.4, 0.5) is 6.01 Å². The highest BCUT2D eigenvalue weighted by Gasteiger charge is 2.20. The summed E-state index contributed by atoms with van der Waals surface area (Å²) in [7, 11) is 0. The highest BCUT2D eigenvalue weighted by molar-refractivity contribution is 5.29. The van der Waals surface area contributed by atoms with Crippen molar-refractivity contribution in [3.8, 4) is 0 Å². The Hall–Kier alpha value is -1.03. The Morgan fingerprint density at radius 3 is 3.13 bits per heavy atom. The third-order valence-corrected chi connectivity index (χ3v) is 3.22. The first-order valence-corrected chi connectivity index (χ1v) is 5.87. The van der Waals surface area contributed by atoms with Crippen LogP contribution in [0.25, 0.3) is 0 Å². The molecule has 15 heavy (non-hydrogen) atoms. The van der Waals surface area contributed by atoms with Gasteiger partial charge < -0.3 is 15.1 Å². The average molecular weight is 207 g/mol. The first kappa shape index (κ1) is 9.21. The third kappa shape index (κ3) is 1.86. The van der Waals surface area contributed by atoms with E-state index in [4.69, 9.17) is 4.42 Å². The minimum absolute atomic E-state index is 0.484. The maximum absolute atomic E-state index is 5.68. The Morgan fingerprint density at radius 2 is 2.33 bits per heavy atom. The molecule has 0 aromatic carbocycles. The van der Waals surface area contributed by atoms with Gasteiger partial charge >= 0.3 is 0 Å². The van der Waals surface area contributed by atoms with Crippen molar-refractivity contribution in [1.82, 2.24) is 10.3 Å². The summed E-state index contributed by atoms with van der Waals surface area (Å²) in [5, 5.41) is 6.74. The fraction of sp³-hybridized carbons (Fsp3) is 0.727. The van der Waals surface area contributed by atoms with Crippen molar-refractivity contribution >= 4 is 6.01 Å². The SMILES string of the molecule is C1Cc2nc(NC3CCCNC3)oc2C1. The average Bonchev–Trinajstić information content (AvgIpc) is 2.79. The van der Waals surface area contributed by atoms with Crippen LogP contribution in [0.5, 0.6) is 0 Å². The van der Waals surface area contributed by atoms with Crippen molar-refractivity contribution in [2.75, 3.05) is 18.4 Å². The van der Waals surface area contributed by atoms with Crippen LogP contribution < -0.4 is 10.6 Å². The van der Waals surface area contributed by atoms with E-state index in [1.54, 1.807) is 0 Å². The van der Waals surface area contributed by atoms with Crippen LogP contribution in [0.15, 0.2) is 4.42 Å². The first-order valence-electron chi connectivity index (χ1n) is 5.87. The van der Waals surface area contributed by atoms with Gasteiger partial charge in [-0.05, 0) is 32.2 Å². The predicted molar refractivity (Wildman–Crippen MR) is 58.0 cm³/mol. The van der Waals surface area contributed by atoms with E-state index in [-0.39, 0.29) is 0 Å². The van der Waals surface area contributed by atoms with Crippen LogP contribution in [-0.4, -0.2) is 24.1 Å². The number of oxazole rings is 1. The molecule has 4 nitrogen and oxygen atoms in total. The molecule has 3 rings (SSSR count). The Balaban J connectivity index is 1.66. The summed E-state index contributed by atoms with van der Waals surface area (Å²) >= 11 is 0. The van der Waals surface area contributed by atoms with Gasteiger partial charge in [0.25, 0.3) is 6.01 Å². The van der Waals surface area contributed by atoms with Gasteiger partial charge in [-0.3, -0.25) is 0 Å². The van der Waals surface area contributed by atoms with Gasteiger partial charge in [-0.1, -0.05) is 0 Å². The molecule has 1 fully saturated rings. The smallest absolute Gasteiger partial charge is 0.295 e. The molecule has 4 heteroatoms. The van der Waals surface area contributed by atoms with E-state index in [1.807, 2.05) is 0 Å². The summed E-state index contributed by atoms with van der Waals surface area (Å²) in [4.78, 5) is 4.48. The standard InChI is InChI=1S/C11H17N3O/c1-4-9-10(5-1)15-11(14-9)13-8-3-2-6-12-7-8/h8,12H,1-7H2,(H,13,14). The van der Waals surface area contributed by atoms with E-state index >= 15 is 0 Å². The van der Waals surface area contributed by atoms with Gasteiger partial charge in [-0.15, -0.1) is 0 Å². The molecule has 2 N–H and O–H groups in total. The number of piperidine rings is 1. The second-order valence-electron chi connectivity index (χ2n) is 4.43. The van der Waals surface area contributed by atoms with Crippen molar-refractivity contribution in [3.63, 3.8) is 0 Å². The number of aryl methyl sites for hydroxylation is 2. The molecule has 0 spiro atoms. The lowest BCUT2D eigenvalue weighted by molar-refractivity contribution is 0.455. The lowest BCUT2D eigenvalue weighted by Gasteiger charge is -2.22. The number of fused-ring (bicyclic) bond motifs is 1. The van der Waals surface area contributed by atoms with Crippen molar-refractivity contribution in [3.05, 3.63) is 11.5 Å². The second-order valence-corrected chi connectivity index (χ2v) is 4.43. The molecule has 0 bridgehead atoms. The minimum atomic E-state index is 0.484. The zero-order valence-electron chi connectivity index (χ0n) is 8.88. The summed E-state index contributed by atoms with van der Waals surface area (Å²) in [6, 6.07) is 1.21. The Kier molecular flexibility index (Phi) is 2.37. The maximum Gasteiger partial charge on any atom is 0.295 e. The van der Waals surface area contributed by atoms with Gasteiger partial charge in [0.1, 0.15) is 5.76 Å². The van der Waals surface area contributed by atoms with Crippen LogP contribution in [-0.2, 0) is 12.8 Å². The quantitative estimate of drug-likeness (QED) is 0.768. The lowest BCUT2D eigenvalue weighted by atomic mass is 10.1. The largest absolute Gasteiger partial charge is 0.428 e. The number of nitrogens with one attached hydrogen (secondary N) is 2. The Morgan fingerprint density at radius 1 is 1.33 bits per heavy atom. The summed E-state index contributed by atoms with van der Waals surface area (Å²) < 4.78 is 5.68. The molecule has 0 amide bonds. The molecular weight excluding hydrogens is 190 g/mol. The minimum Gasteiger partial charge on any atom is -0.428 e. The summed E-state index contributed by atoms with van der Waals surface area (Å²) in [5.41, 5.74) is 1.17. The molecule has 1 unspecified atom stereocenters. The third-order valence-electron chi connectivity index (χ3n) is 3.22. The van der Waals surface area contributed by atoms with Crippen molar-refractivity contribution in [1.29, 1.82) is 0 Å². The molecule has 1 aliphatic carbocycles. The number of aromatic nitrogens is 1. The molecule has 0 radical (unpaired) electrons. The molecule has 1 atom stereocenters. The summed E-state index contributed by atoms with van der Waals surface area (Å²) in [6.45, 7) is 2.16. The molecule has 82 valence electrons. The number of nitrogens with zero attached hydrogens (tertiary/aromatic N) is 1. The van der Waals surface area contributed by atoms with E-state index in [9.17, 15) is 0 Å². The van der Waals surface area contributed by atoms with Gasteiger partial charge in [0.05, 0.1) is 5.69 Å². The van der Waals surface area contributed by atoms with Crippen LogP contribution in [0.3, 0.4) is 0 Å². The molecular formula is C11H17N3O. The summed E-state index contributed by atoms with van der Waals surface area (Å²) in [6.07, 6.45) is 5.79. The summed E-state index contributed by atoms with van der Waals surface area (Å²) in [5.74, 6) is 1.10. The number of hydrogen-bond acceptors (Lipinski definition) is 4. The first-order chi connectivity index (χ1) is 7.42. The zero-order chi connectivity index (χ0) is 10.1. The monoisotopic (exact) mass is 207 g/mol. The topological polar surface area (TPSA) is 50.1 Å². The molecule has 1 aromatic rings. The van der Waals surface area contributed by atoms with Crippen molar-refractivity contribution in [2.24, 2.45) is 0 Å². The van der Waals surface area contributed by atoms with E-state index in [0.29, 0.717) is 6.04 Å². The van der Waals surface area contributed by atoms with Gasteiger partial charge in [0, 0.05) is 19.0 Å². The normalized spacial score (nSPS) is 25.2. The van der Waals surface area contributed by atoms with Gasteiger partial charge in [-0.25, -0.2) is 0 Å². The Labute approximate surface area is 89.5 Å². The van der Waals surface area contributed by atoms with E-state index < -0.39 is 0 Å². The molecule has 1 aliphatic heterocycles. The van der Waals surface area contributed by atoms with Crippen LogP contribution in [0, 0.1) is 0 Å². The second kappa shape index (κ2) is 3.85. The zero-order valence-corrected chi connectivity index (χ0v) is 8.88. The predicted octanol–water partition coefficient (Wildman–Crippen LogP) is 1.33.